The van der Waals surface area contributed by atoms with E-state index in [1.807, 2.05) is 0 Å². The normalized spacial score (nSPS) is 11.5. The van der Waals surface area contributed by atoms with Gasteiger partial charge in [0.2, 0.25) is 0 Å². The van der Waals surface area contributed by atoms with E-state index >= 15 is 0 Å². The van der Waals surface area contributed by atoms with Crippen LogP contribution in [-0.2, 0) is 0 Å². The molecule has 15 heavy (non-hydrogen) atoms. The van der Waals surface area contributed by atoms with E-state index in [0.717, 1.165) is 5.56 Å². The molecule has 0 bridgehead atoms. The summed E-state index contributed by atoms with van der Waals surface area (Å²) in [5.41, 5.74) is 6.56. The van der Waals surface area contributed by atoms with E-state index in [1.165, 1.54) is 0 Å². The van der Waals surface area contributed by atoms with Gasteiger partial charge in [-0.3, -0.25) is 0 Å². The van der Waals surface area contributed by atoms with Crippen LogP contribution in [0.4, 0.5) is 18.9 Å². The molecule has 0 saturated carbocycles. The number of hydrogen-bond acceptors (Lipinski definition) is 2. The second-order valence-corrected chi connectivity index (χ2v) is 3.92. The molecule has 0 aliphatic rings. The van der Waals surface area contributed by atoms with Crippen molar-refractivity contribution in [1.82, 2.24) is 0 Å². The van der Waals surface area contributed by atoms with Gasteiger partial charge >= 0.3 is 6.18 Å². The number of alkyl halides is 3. The van der Waals surface area contributed by atoms with Gasteiger partial charge in [-0.15, -0.1) is 0 Å². The van der Waals surface area contributed by atoms with Crippen LogP contribution in [0.25, 0.3) is 0 Å². The molecule has 2 nitrogen and oxygen atoms in total. The Morgan fingerprint density at radius 3 is 2.47 bits per heavy atom. The first-order valence-corrected chi connectivity index (χ1v) is 4.84. The van der Waals surface area contributed by atoms with Gasteiger partial charge in [-0.05, 0) is 40.5 Å². The molecule has 1 rings (SSSR count). The Morgan fingerprint density at radius 2 is 2.00 bits per heavy atom. The van der Waals surface area contributed by atoms with Crippen molar-refractivity contribution in [2.75, 3.05) is 12.3 Å². The molecule has 0 atom stereocenters. The first kappa shape index (κ1) is 12.2. The summed E-state index contributed by atoms with van der Waals surface area (Å²) in [6.07, 6.45) is -4.36. The summed E-state index contributed by atoms with van der Waals surface area (Å²) in [7, 11) is 0. The zero-order valence-electron chi connectivity index (χ0n) is 7.86. The molecule has 0 radical (unpaired) electrons. The Hall–Kier alpha value is -0.910. The molecule has 0 amide bonds. The minimum Gasteiger partial charge on any atom is -0.481 e. The van der Waals surface area contributed by atoms with Gasteiger partial charge < -0.3 is 10.5 Å². The lowest BCUT2D eigenvalue weighted by atomic mass is 10.2. The molecule has 0 fully saturated rings. The summed E-state index contributed by atoms with van der Waals surface area (Å²) in [5.74, 6) is 0.0259. The zero-order chi connectivity index (χ0) is 11.6. The number of anilines is 1. The van der Waals surface area contributed by atoms with Crippen molar-refractivity contribution in [3.05, 3.63) is 22.2 Å². The zero-order valence-corrected chi connectivity index (χ0v) is 9.45. The van der Waals surface area contributed by atoms with Crippen molar-refractivity contribution < 1.29 is 17.9 Å². The predicted molar refractivity (Wildman–Crippen MR) is 54.8 cm³/mol. The minimum atomic E-state index is -4.36. The molecule has 0 spiro atoms. The number of ether oxygens (including phenoxy) is 1. The predicted octanol–water partition coefficient (Wildman–Crippen LogP) is 3.28. The molecular formula is C9H9BrF3NO. The van der Waals surface area contributed by atoms with Crippen LogP contribution >= 0.6 is 15.9 Å². The number of aryl methyl sites for hydroxylation is 1. The van der Waals surface area contributed by atoms with E-state index < -0.39 is 12.8 Å². The second kappa shape index (κ2) is 4.30. The highest BCUT2D eigenvalue weighted by molar-refractivity contribution is 9.10. The van der Waals surface area contributed by atoms with Crippen molar-refractivity contribution in [2.24, 2.45) is 0 Å². The smallest absolute Gasteiger partial charge is 0.422 e. The Morgan fingerprint density at radius 1 is 1.40 bits per heavy atom. The number of halogens is 4. The quantitative estimate of drug-likeness (QED) is 0.846. The third kappa shape index (κ3) is 3.62. The molecule has 0 unspecified atom stereocenters. The van der Waals surface area contributed by atoms with E-state index in [1.54, 1.807) is 19.1 Å². The van der Waals surface area contributed by atoms with Crippen molar-refractivity contribution >= 4 is 21.6 Å². The van der Waals surface area contributed by atoms with Crippen molar-refractivity contribution in [2.45, 2.75) is 13.1 Å². The van der Waals surface area contributed by atoms with Crippen LogP contribution in [0, 0.1) is 6.92 Å². The largest absolute Gasteiger partial charge is 0.481 e. The molecule has 1 aromatic rings. The fourth-order valence-electron chi connectivity index (χ4n) is 1.06. The van der Waals surface area contributed by atoms with Gasteiger partial charge in [-0.2, -0.15) is 13.2 Å². The van der Waals surface area contributed by atoms with Gasteiger partial charge in [0.15, 0.2) is 12.4 Å². The van der Waals surface area contributed by atoms with Gasteiger partial charge in [-0.25, -0.2) is 0 Å². The maximum absolute atomic E-state index is 11.9. The molecule has 84 valence electrons. The van der Waals surface area contributed by atoms with E-state index in [-0.39, 0.29) is 11.4 Å². The summed E-state index contributed by atoms with van der Waals surface area (Å²) in [6, 6.07) is 3.19. The molecule has 0 aliphatic heterocycles. The lowest BCUT2D eigenvalue weighted by Gasteiger charge is -2.13. The number of nitrogen functional groups attached to an aromatic ring is 1. The number of hydrogen-bond donors (Lipinski definition) is 1. The third-order valence-corrected chi connectivity index (χ3v) is 2.19. The second-order valence-electron chi connectivity index (χ2n) is 3.07. The fraction of sp³-hybridized carbons (Fsp3) is 0.333. The maximum atomic E-state index is 11.9. The molecule has 6 heteroatoms. The fourth-order valence-corrected chi connectivity index (χ4v) is 1.77. The lowest BCUT2D eigenvalue weighted by Crippen LogP contribution is -2.19. The highest BCUT2D eigenvalue weighted by Crippen LogP contribution is 2.33. The van der Waals surface area contributed by atoms with E-state index in [4.69, 9.17) is 5.73 Å². The topological polar surface area (TPSA) is 35.2 Å². The molecule has 1 aromatic carbocycles. The number of nitrogens with two attached hydrogens (primary N) is 1. The Labute approximate surface area is 93.3 Å². The summed E-state index contributed by atoms with van der Waals surface area (Å²) in [4.78, 5) is 0. The number of rotatable bonds is 2. The third-order valence-electron chi connectivity index (χ3n) is 1.60. The SMILES string of the molecule is Cc1cc(N)c(OCC(F)(F)F)c(Br)c1. The Kier molecular flexibility index (Phi) is 3.49. The van der Waals surface area contributed by atoms with Gasteiger partial charge in [0.05, 0.1) is 10.2 Å². The highest BCUT2D eigenvalue weighted by Gasteiger charge is 2.29. The molecule has 0 heterocycles. The maximum Gasteiger partial charge on any atom is 0.422 e. The van der Waals surface area contributed by atoms with Gasteiger partial charge in [0.1, 0.15) is 0 Å². The molecular weight excluding hydrogens is 275 g/mol. The van der Waals surface area contributed by atoms with Crippen LogP contribution < -0.4 is 10.5 Å². The van der Waals surface area contributed by atoms with Gasteiger partial charge in [0, 0.05) is 0 Å². The summed E-state index contributed by atoms with van der Waals surface area (Å²) < 4.78 is 40.7. The first-order chi connectivity index (χ1) is 6.79. The molecule has 0 aromatic heterocycles. The summed E-state index contributed by atoms with van der Waals surface area (Å²) in [6.45, 7) is 0.438. The number of benzene rings is 1. The summed E-state index contributed by atoms with van der Waals surface area (Å²) >= 11 is 3.09. The molecule has 2 N–H and O–H groups in total. The molecule has 0 aliphatic carbocycles. The van der Waals surface area contributed by atoms with Crippen LogP contribution in [0.1, 0.15) is 5.56 Å². The van der Waals surface area contributed by atoms with Crippen LogP contribution in [0.15, 0.2) is 16.6 Å². The monoisotopic (exact) mass is 283 g/mol. The highest BCUT2D eigenvalue weighted by atomic mass is 79.9. The summed E-state index contributed by atoms with van der Waals surface area (Å²) in [5, 5.41) is 0. The van der Waals surface area contributed by atoms with Gasteiger partial charge in [0.25, 0.3) is 0 Å². The Bertz CT molecular complexity index is 342. The van der Waals surface area contributed by atoms with E-state index in [0.29, 0.717) is 4.47 Å². The average molecular weight is 284 g/mol. The standard InChI is InChI=1S/C9H9BrF3NO/c1-5-2-6(10)8(7(14)3-5)15-4-9(11,12)13/h2-3H,4,14H2,1H3. The Balaban J connectivity index is 2.86. The van der Waals surface area contributed by atoms with Crippen LogP contribution in [0.5, 0.6) is 5.75 Å². The van der Waals surface area contributed by atoms with E-state index in [9.17, 15) is 13.2 Å². The van der Waals surface area contributed by atoms with Crippen LogP contribution in [-0.4, -0.2) is 12.8 Å². The van der Waals surface area contributed by atoms with Crippen molar-refractivity contribution in [3.63, 3.8) is 0 Å². The lowest BCUT2D eigenvalue weighted by molar-refractivity contribution is -0.153. The minimum absolute atomic E-state index is 0.0259. The average Bonchev–Trinajstić information content (AvgIpc) is 1.99. The van der Waals surface area contributed by atoms with Crippen LogP contribution in [0.2, 0.25) is 0 Å². The van der Waals surface area contributed by atoms with Crippen LogP contribution in [0.3, 0.4) is 0 Å². The van der Waals surface area contributed by atoms with Crippen molar-refractivity contribution in [3.8, 4) is 5.75 Å². The van der Waals surface area contributed by atoms with E-state index in [2.05, 4.69) is 20.7 Å². The van der Waals surface area contributed by atoms with Gasteiger partial charge in [-0.1, -0.05) is 0 Å². The first-order valence-electron chi connectivity index (χ1n) is 4.05. The van der Waals surface area contributed by atoms with Crippen molar-refractivity contribution in [1.29, 1.82) is 0 Å². The molecule has 0 saturated heterocycles.